The second kappa shape index (κ2) is 7.33. The van der Waals surface area contributed by atoms with Crippen molar-refractivity contribution < 1.29 is 31.9 Å². The number of esters is 1. The second-order valence-corrected chi connectivity index (χ2v) is 5.12. The highest BCUT2D eigenvalue weighted by Gasteiger charge is 2.31. The molecule has 1 amide bonds. The lowest BCUT2D eigenvalue weighted by molar-refractivity contribution is -0.137. The number of amides is 1. The number of rotatable bonds is 4. The fraction of sp³-hybridized carbons (Fsp3) is 0.176. The lowest BCUT2D eigenvalue weighted by Crippen LogP contribution is -2.30. The largest absolute Gasteiger partial charge is 0.449 e. The Hall–Kier alpha value is -2.90. The van der Waals surface area contributed by atoms with Crippen LogP contribution in [0.25, 0.3) is 0 Å². The standard InChI is InChI=1S/C17H13F4NO3/c1-10(15(23)22-14-7-5-13(18)6-8-14)25-16(24)11-3-2-4-12(9-11)17(19,20)21/h2-10H,1H3,(H,22,23)/t10-/m0/s1. The summed E-state index contributed by atoms with van der Waals surface area (Å²) < 4.78 is 55.6. The van der Waals surface area contributed by atoms with Crippen LogP contribution in [0.1, 0.15) is 22.8 Å². The van der Waals surface area contributed by atoms with Gasteiger partial charge in [0.05, 0.1) is 11.1 Å². The maximum absolute atomic E-state index is 12.8. The Morgan fingerprint density at radius 1 is 1.08 bits per heavy atom. The first-order chi connectivity index (χ1) is 11.7. The summed E-state index contributed by atoms with van der Waals surface area (Å²) in [5.74, 6) is -2.25. The third-order valence-electron chi connectivity index (χ3n) is 3.19. The summed E-state index contributed by atoms with van der Waals surface area (Å²) in [7, 11) is 0. The van der Waals surface area contributed by atoms with Gasteiger partial charge in [0.2, 0.25) is 0 Å². The summed E-state index contributed by atoms with van der Waals surface area (Å²) in [6.07, 6.45) is -5.85. The minimum absolute atomic E-state index is 0.286. The lowest BCUT2D eigenvalue weighted by atomic mass is 10.1. The van der Waals surface area contributed by atoms with Crippen molar-refractivity contribution in [3.8, 4) is 0 Å². The normalized spacial score (nSPS) is 12.4. The Labute approximate surface area is 140 Å². The van der Waals surface area contributed by atoms with Crippen LogP contribution in [-0.4, -0.2) is 18.0 Å². The van der Waals surface area contributed by atoms with E-state index in [9.17, 15) is 27.2 Å². The third kappa shape index (κ3) is 5.03. The molecular weight excluding hydrogens is 342 g/mol. The van der Waals surface area contributed by atoms with Gasteiger partial charge in [-0.15, -0.1) is 0 Å². The number of nitrogens with one attached hydrogen (secondary N) is 1. The number of benzene rings is 2. The van der Waals surface area contributed by atoms with E-state index in [1.807, 2.05) is 0 Å². The topological polar surface area (TPSA) is 55.4 Å². The zero-order valence-corrected chi connectivity index (χ0v) is 12.9. The van der Waals surface area contributed by atoms with Crippen LogP contribution in [0.15, 0.2) is 48.5 Å². The van der Waals surface area contributed by atoms with Gasteiger partial charge in [-0.2, -0.15) is 13.2 Å². The van der Waals surface area contributed by atoms with E-state index in [0.717, 1.165) is 30.3 Å². The van der Waals surface area contributed by atoms with Gasteiger partial charge in [-0.3, -0.25) is 4.79 Å². The van der Waals surface area contributed by atoms with Crippen molar-refractivity contribution in [1.29, 1.82) is 0 Å². The van der Waals surface area contributed by atoms with Gasteiger partial charge >= 0.3 is 12.1 Å². The van der Waals surface area contributed by atoms with E-state index < -0.39 is 35.5 Å². The zero-order valence-electron chi connectivity index (χ0n) is 12.9. The molecule has 0 saturated heterocycles. The monoisotopic (exact) mass is 355 g/mol. The van der Waals surface area contributed by atoms with Gasteiger partial charge in [0, 0.05) is 5.69 Å². The molecule has 0 heterocycles. The van der Waals surface area contributed by atoms with Crippen LogP contribution in [0, 0.1) is 5.82 Å². The van der Waals surface area contributed by atoms with Crippen LogP contribution in [0.3, 0.4) is 0 Å². The van der Waals surface area contributed by atoms with Crippen molar-refractivity contribution in [3.63, 3.8) is 0 Å². The predicted octanol–water partition coefficient (Wildman–Crippen LogP) is 4.03. The van der Waals surface area contributed by atoms with Crippen molar-refractivity contribution in [2.75, 3.05) is 5.32 Å². The molecule has 0 saturated carbocycles. The van der Waals surface area contributed by atoms with Crippen LogP contribution >= 0.6 is 0 Å². The molecule has 1 atom stereocenters. The van der Waals surface area contributed by atoms with Gasteiger partial charge < -0.3 is 10.1 Å². The first-order valence-electron chi connectivity index (χ1n) is 7.11. The number of carbonyl (C=O) groups is 2. The minimum Gasteiger partial charge on any atom is -0.449 e. The molecule has 8 heteroatoms. The van der Waals surface area contributed by atoms with Gasteiger partial charge in [-0.1, -0.05) is 6.07 Å². The van der Waals surface area contributed by atoms with Crippen LogP contribution in [0.4, 0.5) is 23.2 Å². The molecule has 0 spiro atoms. The summed E-state index contributed by atoms with van der Waals surface area (Å²) in [4.78, 5) is 23.8. The number of ether oxygens (including phenoxy) is 1. The van der Waals surface area contributed by atoms with Crippen LogP contribution in [0.2, 0.25) is 0 Å². The molecular formula is C17H13F4NO3. The van der Waals surface area contributed by atoms with Crippen LogP contribution < -0.4 is 5.32 Å². The molecule has 0 fully saturated rings. The highest BCUT2D eigenvalue weighted by atomic mass is 19.4. The molecule has 0 aliphatic heterocycles. The van der Waals surface area contributed by atoms with Gasteiger partial charge in [-0.05, 0) is 49.4 Å². The zero-order chi connectivity index (χ0) is 18.6. The highest BCUT2D eigenvalue weighted by molar-refractivity contribution is 5.97. The smallest absolute Gasteiger partial charge is 0.416 e. The second-order valence-electron chi connectivity index (χ2n) is 5.12. The van der Waals surface area contributed by atoms with E-state index in [-0.39, 0.29) is 11.3 Å². The molecule has 25 heavy (non-hydrogen) atoms. The van der Waals surface area contributed by atoms with Gasteiger partial charge in [0.25, 0.3) is 5.91 Å². The first kappa shape index (κ1) is 18.4. The number of hydrogen-bond donors (Lipinski definition) is 1. The van der Waals surface area contributed by atoms with E-state index >= 15 is 0 Å². The van der Waals surface area contributed by atoms with Gasteiger partial charge in [-0.25, -0.2) is 9.18 Å². The molecule has 0 bridgehead atoms. The minimum atomic E-state index is -4.60. The molecule has 0 aliphatic carbocycles. The van der Waals surface area contributed by atoms with Crippen molar-refractivity contribution >= 4 is 17.6 Å². The molecule has 132 valence electrons. The van der Waals surface area contributed by atoms with E-state index in [2.05, 4.69) is 5.32 Å². The van der Waals surface area contributed by atoms with Gasteiger partial charge in [0.1, 0.15) is 5.82 Å². The van der Waals surface area contributed by atoms with E-state index in [4.69, 9.17) is 4.74 Å². The Kier molecular flexibility index (Phi) is 5.41. The first-order valence-corrected chi connectivity index (χ1v) is 7.11. The molecule has 0 radical (unpaired) electrons. The molecule has 0 unspecified atom stereocenters. The van der Waals surface area contributed by atoms with Crippen molar-refractivity contribution in [2.24, 2.45) is 0 Å². The Morgan fingerprint density at radius 3 is 2.32 bits per heavy atom. The van der Waals surface area contributed by atoms with E-state index in [1.54, 1.807) is 0 Å². The molecule has 2 rings (SSSR count). The summed E-state index contributed by atoms with van der Waals surface area (Å²) in [6.45, 7) is 1.27. The summed E-state index contributed by atoms with van der Waals surface area (Å²) in [5.41, 5.74) is -1.03. The summed E-state index contributed by atoms with van der Waals surface area (Å²) in [5, 5.41) is 2.40. The summed E-state index contributed by atoms with van der Waals surface area (Å²) in [6, 6.07) is 8.59. The average molecular weight is 355 g/mol. The number of alkyl halides is 3. The van der Waals surface area contributed by atoms with E-state index in [1.165, 1.54) is 19.1 Å². The fourth-order valence-electron chi connectivity index (χ4n) is 1.88. The van der Waals surface area contributed by atoms with Crippen molar-refractivity contribution in [2.45, 2.75) is 19.2 Å². The highest BCUT2D eigenvalue weighted by Crippen LogP contribution is 2.29. The molecule has 4 nitrogen and oxygen atoms in total. The van der Waals surface area contributed by atoms with Crippen molar-refractivity contribution in [1.82, 2.24) is 0 Å². The quantitative estimate of drug-likeness (QED) is 0.666. The maximum atomic E-state index is 12.8. The number of hydrogen-bond acceptors (Lipinski definition) is 3. The lowest BCUT2D eigenvalue weighted by Gasteiger charge is -2.14. The summed E-state index contributed by atoms with van der Waals surface area (Å²) >= 11 is 0. The Morgan fingerprint density at radius 2 is 1.72 bits per heavy atom. The number of carbonyl (C=O) groups excluding carboxylic acids is 2. The van der Waals surface area contributed by atoms with Gasteiger partial charge in [0.15, 0.2) is 6.10 Å². The average Bonchev–Trinajstić information content (AvgIpc) is 2.56. The Balaban J connectivity index is 2.02. The van der Waals surface area contributed by atoms with E-state index in [0.29, 0.717) is 6.07 Å². The maximum Gasteiger partial charge on any atom is 0.416 e. The van der Waals surface area contributed by atoms with Crippen LogP contribution in [0.5, 0.6) is 0 Å². The molecule has 1 N–H and O–H groups in total. The van der Waals surface area contributed by atoms with Crippen molar-refractivity contribution in [3.05, 3.63) is 65.5 Å². The number of anilines is 1. The number of halogens is 4. The Bertz CT molecular complexity index is 772. The SMILES string of the molecule is C[C@H](OC(=O)c1cccc(C(F)(F)F)c1)C(=O)Nc1ccc(F)cc1. The molecule has 2 aromatic rings. The molecule has 0 aromatic heterocycles. The molecule has 0 aliphatic rings. The fourth-order valence-corrected chi connectivity index (χ4v) is 1.88. The predicted molar refractivity (Wildman–Crippen MR) is 81.4 cm³/mol. The third-order valence-corrected chi connectivity index (χ3v) is 3.19. The van der Waals surface area contributed by atoms with Crippen LogP contribution in [-0.2, 0) is 15.7 Å². The molecule has 2 aromatic carbocycles.